The minimum atomic E-state index is -0.0497. The van der Waals surface area contributed by atoms with Crippen molar-refractivity contribution in [2.45, 2.75) is 27.7 Å². The summed E-state index contributed by atoms with van der Waals surface area (Å²) in [5, 5.41) is 2.64. The summed E-state index contributed by atoms with van der Waals surface area (Å²) in [4.78, 5) is 14.6. The van der Waals surface area contributed by atoms with E-state index in [0.717, 1.165) is 5.56 Å². The van der Waals surface area contributed by atoms with Crippen LogP contribution in [0, 0.1) is 6.92 Å². The van der Waals surface area contributed by atoms with E-state index >= 15 is 0 Å². The van der Waals surface area contributed by atoms with E-state index in [0.29, 0.717) is 19.0 Å². The van der Waals surface area contributed by atoms with E-state index in [1.54, 1.807) is 6.20 Å². The van der Waals surface area contributed by atoms with Crippen LogP contribution in [0.5, 0.6) is 5.88 Å². The summed E-state index contributed by atoms with van der Waals surface area (Å²) in [6, 6.07) is 3.79. The fourth-order valence-corrected chi connectivity index (χ4v) is 0.997. The molecule has 1 rings (SSSR count). The zero-order valence-corrected chi connectivity index (χ0v) is 10.4. The standard InChI is InChI=1S/C10H14N2O2.C2H6/c1-8-4-3-5-12-10(8)14-7-6-11-9(2)13;1-2/h3-5H,6-7H2,1-2H3,(H,11,13);1-2H3. The summed E-state index contributed by atoms with van der Waals surface area (Å²) in [5.41, 5.74) is 0.996. The Balaban J connectivity index is 0.00000106. The lowest BCUT2D eigenvalue weighted by Crippen LogP contribution is -2.25. The Kier molecular flexibility index (Phi) is 7.85. The Morgan fingerprint density at radius 2 is 2.19 bits per heavy atom. The van der Waals surface area contributed by atoms with Crippen LogP contribution in [0.25, 0.3) is 0 Å². The van der Waals surface area contributed by atoms with Gasteiger partial charge in [-0.2, -0.15) is 0 Å². The molecular formula is C12H20N2O2. The van der Waals surface area contributed by atoms with Gasteiger partial charge in [-0.25, -0.2) is 4.98 Å². The maximum absolute atomic E-state index is 10.5. The molecule has 0 spiro atoms. The fraction of sp³-hybridized carbons (Fsp3) is 0.500. The molecule has 0 unspecified atom stereocenters. The second kappa shape index (κ2) is 8.71. The second-order valence-corrected chi connectivity index (χ2v) is 2.96. The van der Waals surface area contributed by atoms with E-state index in [9.17, 15) is 4.79 Å². The van der Waals surface area contributed by atoms with Crippen molar-refractivity contribution >= 4 is 5.91 Å². The lowest BCUT2D eigenvalue weighted by atomic mass is 10.3. The van der Waals surface area contributed by atoms with Gasteiger partial charge >= 0.3 is 0 Å². The molecule has 0 saturated heterocycles. The van der Waals surface area contributed by atoms with Gasteiger partial charge in [0.15, 0.2) is 0 Å². The molecule has 0 atom stereocenters. The number of ether oxygens (including phenoxy) is 1. The number of pyridine rings is 1. The maximum Gasteiger partial charge on any atom is 0.216 e. The molecule has 0 aliphatic carbocycles. The van der Waals surface area contributed by atoms with Gasteiger partial charge < -0.3 is 10.1 Å². The third kappa shape index (κ3) is 6.01. The number of hydrogen-bond donors (Lipinski definition) is 1. The third-order valence-corrected chi connectivity index (χ3v) is 1.68. The van der Waals surface area contributed by atoms with Crippen LogP contribution in [0.1, 0.15) is 26.3 Å². The van der Waals surface area contributed by atoms with Crippen molar-refractivity contribution in [3.63, 3.8) is 0 Å². The van der Waals surface area contributed by atoms with Gasteiger partial charge in [-0.05, 0) is 13.0 Å². The van der Waals surface area contributed by atoms with Crippen molar-refractivity contribution in [3.05, 3.63) is 23.9 Å². The molecule has 0 radical (unpaired) electrons. The molecule has 1 aromatic rings. The summed E-state index contributed by atoms with van der Waals surface area (Å²) in [6.45, 7) is 8.36. The van der Waals surface area contributed by atoms with Gasteiger partial charge in [0.25, 0.3) is 0 Å². The highest BCUT2D eigenvalue weighted by atomic mass is 16.5. The van der Waals surface area contributed by atoms with Crippen LogP contribution >= 0.6 is 0 Å². The Labute approximate surface area is 97.0 Å². The number of amides is 1. The van der Waals surface area contributed by atoms with Crippen LogP contribution < -0.4 is 10.1 Å². The number of hydrogen-bond acceptors (Lipinski definition) is 3. The molecule has 1 heterocycles. The zero-order valence-electron chi connectivity index (χ0n) is 10.4. The Morgan fingerprint density at radius 3 is 2.75 bits per heavy atom. The Hall–Kier alpha value is -1.58. The maximum atomic E-state index is 10.5. The normalized spacial score (nSPS) is 8.75. The first-order chi connectivity index (χ1) is 7.70. The fourth-order valence-electron chi connectivity index (χ4n) is 0.997. The number of rotatable bonds is 4. The second-order valence-electron chi connectivity index (χ2n) is 2.96. The SMILES string of the molecule is CC.CC(=O)NCCOc1ncccc1C. The zero-order chi connectivity index (χ0) is 12.4. The molecule has 0 aliphatic heterocycles. The van der Waals surface area contributed by atoms with E-state index < -0.39 is 0 Å². The quantitative estimate of drug-likeness (QED) is 0.795. The van der Waals surface area contributed by atoms with E-state index in [1.807, 2.05) is 32.9 Å². The molecule has 4 heteroatoms. The summed E-state index contributed by atoms with van der Waals surface area (Å²) in [6.07, 6.45) is 1.68. The lowest BCUT2D eigenvalue weighted by molar-refractivity contribution is -0.119. The van der Waals surface area contributed by atoms with Crippen molar-refractivity contribution in [2.24, 2.45) is 0 Å². The highest BCUT2D eigenvalue weighted by molar-refractivity contribution is 5.72. The van der Waals surface area contributed by atoms with Crippen molar-refractivity contribution in [1.29, 1.82) is 0 Å². The number of nitrogens with one attached hydrogen (secondary N) is 1. The Morgan fingerprint density at radius 1 is 1.50 bits per heavy atom. The topological polar surface area (TPSA) is 51.2 Å². The van der Waals surface area contributed by atoms with Gasteiger partial charge in [0.2, 0.25) is 11.8 Å². The minimum absolute atomic E-state index is 0.0497. The molecular weight excluding hydrogens is 204 g/mol. The predicted molar refractivity (Wildman–Crippen MR) is 64.5 cm³/mol. The van der Waals surface area contributed by atoms with E-state index in [-0.39, 0.29) is 5.91 Å². The number of nitrogens with zero attached hydrogens (tertiary/aromatic N) is 1. The Bertz CT molecular complexity index is 314. The third-order valence-electron chi connectivity index (χ3n) is 1.68. The van der Waals surface area contributed by atoms with E-state index in [4.69, 9.17) is 4.74 Å². The number of aryl methyl sites for hydroxylation is 1. The molecule has 1 aromatic heterocycles. The summed E-state index contributed by atoms with van der Waals surface area (Å²) >= 11 is 0. The van der Waals surface area contributed by atoms with Gasteiger partial charge in [-0.3, -0.25) is 4.79 Å². The van der Waals surface area contributed by atoms with Crippen LogP contribution in [-0.2, 0) is 4.79 Å². The molecule has 0 saturated carbocycles. The van der Waals surface area contributed by atoms with Gasteiger partial charge in [0, 0.05) is 18.7 Å². The first-order valence-corrected chi connectivity index (χ1v) is 5.49. The molecule has 0 bridgehead atoms. The van der Waals surface area contributed by atoms with Crippen LogP contribution in [0.2, 0.25) is 0 Å². The van der Waals surface area contributed by atoms with Gasteiger partial charge in [0.05, 0.1) is 6.54 Å². The molecule has 16 heavy (non-hydrogen) atoms. The van der Waals surface area contributed by atoms with Crippen molar-refractivity contribution in [3.8, 4) is 5.88 Å². The predicted octanol–water partition coefficient (Wildman–Crippen LogP) is 1.93. The molecule has 0 aromatic carbocycles. The molecule has 1 amide bonds. The van der Waals surface area contributed by atoms with Crippen LogP contribution in [0.4, 0.5) is 0 Å². The number of carbonyl (C=O) groups is 1. The molecule has 0 aliphatic rings. The van der Waals surface area contributed by atoms with Crippen LogP contribution in [0.15, 0.2) is 18.3 Å². The van der Waals surface area contributed by atoms with Crippen molar-refractivity contribution < 1.29 is 9.53 Å². The first-order valence-electron chi connectivity index (χ1n) is 5.49. The molecule has 1 N–H and O–H groups in total. The van der Waals surface area contributed by atoms with Crippen molar-refractivity contribution in [1.82, 2.24) is 10.3 Å². The van der Waals surface area contributed by atoms with Gasteiger partial charge in [0.1, 0.15) is 6.61 Å². The summed E-state index contributed by atoms with van der Waals surface area (Å²) in [7, 11) is 0. The van der Waals surface area contributed by atoms with Crippen molar-refractivity contribution in [2.75, 3.05) is 13.2 Å². The average Bonchev–Trinajstić information content (AvgIpc) is 2.29. The largest absolute Gasteiger partial charge is 0.476 e. The van der Waals surface area contributed by atoms with Crippen LogP contribution in [0.3, 0.4) is 0 Å². The monoisotopic (exact) mass is 224 g/mol. The number of aromatic nitrogens is 1. The first kappa shape index (κ1) is 14.4. The highest BCUT2D eigenvalue weighted by Gasteiger charge is 1.98. The smallest absolute Gasteiger partial charge is 0.216 e. The minimum Gasteiger partial charge on any atom is -0.476 e. The highest BCUT2D eigenvalue weighted by Crippen LogP contribution is 2.11. The number of carbonyl (C=O) groups excluding carboxylic acids is 1. The van der Waals surface area contributed by atoms with Gasteiger partial charge in [-0.15, -0.1) is 0 Å². The summed E-state index contributed by atoms with van der Waals surface area (Å²) < 4.78 is 5.36. The average molecular weight is 224 g/mol. The van der Waals surface area contributed by atoms with Crippen LogP contribution in [-0.4, -0.2) is 24.0 Å². The van der Waals surface area contributed by atoms with Gasteiger partial charge in [-0.1, -0.05) is 19.9 Å². The summed E-state index contributed by atoms with van der Waals surface area (Å²) in [5.74, 6) is 0.573. The molecule has 4 nitrogen and oxygen atoms in total. The van der Waals surface area contributed by atoms with E-state index in [2.05, 4.69) is 10.3 Å². The molecule has 90 valence electrons. The lowest BCUT2D eigenvalue weighted by Gasteiger charge is -2.07. The van der Waals surface area contributed by atoms with E-state index in [1.165, 1.54) is 6.92 Å². The molecule has 0 fully saturated rings.